The number of pyridine rings is 1. The van der Waals surface area contributed by atoms with Crippen LogP contribution in [0.4, 0.5) is 0 Å². The van der Waals surface area contributed by atoms with E-state index in [1.807, 2.05) is 12.1 Å². The Morgan fingerprint density at radius 2 is 1.95 bits per heavy atom. The Kier molecular flexibility index (Phi) is 4.10. The monoisotopic (exact) mass is 257 g/mol. The van der Waals surface area contributed by atoms with Crippen LogP contribution in [0.15, 0.2) is 42.6 Å². The number of nitrogens with zero attached hydrogens (tertiary/aromatic N) is 1. The average Bonchev–Trinajstić information content (AvgIpc) is 2.45. The molecule has 2 rings (SSSR count). The number of rotatable bonds is 5. The van der Waals surface area contributed by atoms with E-state index in [4.69, 9.17) is 16.2 Å². The lowest BCUT2D eigenvalue weighted by molar-refractivity contribution is 0.100. The highest BCUT2D eigenvalue weighted by Crippen LogP contribution is 2.15. The Labute approximate surface area is 111 Å². The number of hydrogen-bond acceptors (Lipinski definition) is 4. The van der Waals surface area contributed by atoms with Crippen molar-refractivity contribution in [2.75, 3.05) is 0 Å². The number of ether oxygens (including phenoxy) is 1. The topological polar surface area (TPSA) is 91.2 Å². The summed E-state index contributed by atoms with van der Waals surface area (Å²) >= 11 is 0. The lowest BCUT2D eigenvalue weighted by Crippen LogP contribution is -2.10. The first kappa shape index (κ1) is 13.0. The molecule has 4 N–H and O–H groups in total. The molecule has 5 nitrogen and oxygen atoms in total. The van der Waals surface area contributed by atoms with Gasteiger partial charge in [0, 0.05) is 23.9 Å². The van der Waals surface area contributed by atoms with Gasteiger partial charge in [0.2, 0.25) is 5.91 Å². The number of amides is 1. The fraction of sp³-hybridized carbons (Fsp3) is 0.143. The molecule has 0 radical (unpaired) electrons. The van der Waals surface area contributed by atoms with Crippen LogP contribution in [-0.4, -0.2) is 10.9 Å². The fourth-order valence-electron chi connectivity index (χ4n) is 1.66. The average molecular weight is 257 g/mol. The van der Waals surface area contributed by atoms with Crippen LogP contribution in [0.5, 0.6) is 5.75 Å². The molecule has 19 heavy (non-hydrogen) atoms. The third kappa shape index (κ3) is 3.29. The molecular weight excluding hydrogens is 242 g/mol. The molecule has 0 atom stereocenters. The van der Waals surface area contributed by atoms with E-state index in [2.05, 4.69) is 4.98 Å². The van der Waals surface area contributed by atoms with Crippen molar-refractivity contribution in [1.82, 2.24) is 4.98 Å². The van der Waals surface area contributed by atoms with Crippen molar-refractivity contribution in [2.24, 2.45) is 11.5 Å². The van der Waals surface area contributed by atoms with Crippen LogP contribution in [0, 0.1) is 0 Å². The van der Waals surface area contributed by atoms with Crippen molar-refractivity contribution >= 4 is 5.91 Å². The van der Waals surface area contributed by atoms with E-state index in [0.29, 0.717) is 24.5 Å². The van der Waals surface area contributed by atoms with Crippen LogP contribution in [0.2, 0.25) is 0 Å². The van der Waals surface area contributed by atoms with Gasteiger partial charge in [-0.15, -0.1) is 0 Å². The van der Waals surface area contributed by atoms with Gasteiger partial charge >= 0.3 is 0 Å². The summed E-state index contributed by atoms with van der Waals surface area (Å²) in [6.07, 6.45) is 1.70. The second-order valence-electron chi connectivity index (χ2n) is 3.99. The van der Waals surface area contributed by atoms with Gasteiger partial charge < -0.3 is 16.2 Å². The maximum absolute atomic E-state index is 10.9. The molecule has 98 valence electrons. The Balaban J connectivity index is 2.04. The van der Waals surface area contributed by atoms with Gasteiger partial charge in [0.25, 0.3) is 0 Å². The van der Waals surface area contributed by atoms with Gasteiger partial charge in [-0.1, -0.05) is 6.07 Å². The fourth-order valence-corrected chi connectivity index (χ4v) is 1.66. The second kappa shape index (κ2) is 5.97. The summed E-state index contributed by atoms with van der Waals surface area (Å²) < 4.78 is 5.62. The number of benzene rings is 1. The first-order chi connectivity index (χ1) is 9.20. The molecule has 0 aliphatic rings. The van der Waals surface area contributed by atoms with E-state index in [1.165, 1.54) is 0 Å². The van der Waals surface area contributed by atoms with E-state index in [9.17, 15) is 4.79 Å². The lowest BCUT2D eigenvalue weighted by atomic mass is 10.2. The number of carbonyl (C=O) groups is 1. The summed E-state index contributed by atoms with van der Waals surface area (Å²) in [5.74, 6) is 0.209. The van der Waals surface area contributed by atoms with Crippen molar-refractivity contribution in [3.05, 3.63) is 59.4 Å². The van der Waals surface area contributed by atoms with Crippen LogP contribution in [0.1, 0.15) is 21.6 Å². The van der Waals surface area contributed by atoms with Gasteiger partial charge in [0.15, 0.2) is 0 Å². The van der Waals surface area contributed by atoms with Crippen LogP contribution >= 0.6 is 0 Å². The summed E-state index contributed by atoms with van der Waals surface area (Å²) in [6.45, 7) is 0.760. The van der Waals surface area contributed by atoms with Gasteiger partial charge in [-0.2, -0.15) is 0 Å². The first-order valence-corrected chi connectivity index (χ1v) is 5.86. The van der Waals surface area contributed by atoms with Crippen molar-refractivity contribution in [1.29, 1.82) is 0 Å². The van der Waals surface area contributed by atoms with Crippen LogP contribution in [0.25, 0.3) is 0 Å². The summed E-state index contributed by atoms with van der Waals surface area (Å²) in [4.78, 5) is 15.1. The van der Waals surface area contributed by atoms with Gasteiger partial charge in [-0.3, -0.25) is 9.78 Å². The highest BCUT2D eigenvalue weighted by Gasteiger charge is 2.04. The zero-order valence-corrected chi connectivity index (χ0v) is 10.4. The molecular formula is C14H15N3O2. The number of hydrogen-bond donors (Lipinski definition) is 2. The zero-order valence-electron chi connectivity index (χ0n) is 10.4. The number of aromatic nitrogens is 1. The minimum atomic E-state index is -0.454. The Hall–Kier alpha value is -2.40. The second-order valence-corrected chi connectivity index (χ2v) is 3.99. The molecule has 0 saturated heterocycles. The third-order valence-corrected chi connectivity index (χ3v) is 2.71. The van der Waals surface area contributed by atoms with E-state index in [1.54, 1.807) is 30.5 Å². The molecule has 0 fully saturated rings. The zero-order chi connectivity index (χ0) is 13.7. The van der Waals surface area contributed by atoms with Gasteiger partial charge in [-0.25, -0.2) is 0 Å². The molecule has 0 bridgehead atoms. The lowest BCUT2D eigenvalue weighted by Gasteiger charge is -2.09. The maximum atomic E-state index is 10.9. The van der Waals surface area contributed by atoms with Crippen molar-refractivity contribution in [3.8, 4) is 5.75 Å². The summed E-state index contributed by atoms with van der Waals surface area (Å²) in [5.41, 5.74) is 13.0. The standard InChI is InChI=1S/C14H15N3O2/c15-8-13-11(2-1-7-17-13)9-19-12-5-3-10(4-6-12)14(16)18/h1-7H,8-9,15H2,(H2,16,18). The smallest absolute Gasteiger partial charge is 0.248 e. The minimum absolute atomic E-state index is 0.375. The van der Waals surface area contributed by atoms with Gasteiger partial charge in [0.05, 0.1) is 5.69 Å². The summed E-state index contributed by atoms with van der Waals surface area (Å²) in [7, 11) is 0. The largest absolute Gasteiger partial charge is 0.489 e. The van der Waals surface area contributed by atoms with Gasteiger partial charge in [0.1, 0.15) is 12.4 Å². The molecule has 1 amide bonds. The molecule has 1 aromatic heterocycles. The summed E-state index contributed by atoms with van der Waals surface area (Å²) in [5, 5.41) is 0. The number of nitrogens with two attached hydrogens (primary N) is 2. The van der Waals surface area contributed by atoms with E-state index in [-0.39, 0.29) is 0 Å². The van der Waals surface area contributed by atoms with Crippen LogP contribution in [-0.2, 0) is 13.2 Å². The SMILES string of the molecule is NCc1ncccc1COc1ccc(C(N)=O)cc1. The van der Waals surface area contributed by atoms with E-state index < -0.39 is 5.91 Å². The normalized spacial score (nSPS) is 10.2. The highest BCUT2D eigenvalue weighted by molar-refractivity contribution is 5.92. The number of primary amides is 1. The third-order valence-electron chi connectivity index (χ3n) is 2.71. The molecule has 1 aromatic carbocycles. The van der Waals surface area contributed by atoms with Crippen molar-refractivity contribution in [2.45, 2.75) is 13.2 Å². The molecule has 1 heterocycles. The summed E-state index contributed by atoms with van der Waals surface area (Å²) in [6, 6.07) is 10.4. The molecule has 0 unspecified atom stereocenters. The van der Waals surface area contributed by atoms with Crippen LogP contribution in [0.3, 0.4) is 0 Å². The minimum Gasteiger partial charge on any atom is -0.489 e. The van der Waals surface area contributed by atoms with Crippen molar-refractivity contribution in [3.63, 3.8) is 0 Å². The van der Waals surface area contributed by atoms with E-state index in [0.717, 1.165) is 11.3 Å². The van der Waals surface area contributed by atoms with Crippen LogP contribution < -0.4 is 16.2 Å². The molecule has 2 aromatic rings. The Morgan fingerprint density at radius 1 is 1.21 bits per heavy atom. The predicted molar refractivity (Wildman–Crippen MR) is 71.4 cm³/mol. The molecule has 5 heteroatoms. The van der Waals surface area contributed by atoms with Crippen molar-refractivity contribution < 1.29 is 9.53 Å². The Morgan fingerprint density at radius 3 is 2.58 bits per heavy atom. The molecule has 0 saturated carbocycles. The molecule has 0 aliphatic carbocycles. The molecule has 0 aliphatic heterocycles. The molecule has 0 spiro atoms. The van der Waals surface area contributed by atoms with Gasteiger partial charge in [-0.05, 0) is 30.3 Å². The highest BCUT2D eigenvalue weighted by atomic mass is 16.5. The predicted octanol–water partition coefficient (Wildman–Crippen LogP) is 1.22. The maximum Gasteiger partial charge on any atom is 0.248 e. The number of carbonyl (C=O) groups excluding carboxylic acids is 1. The quantitative estimate of drug-likeness (QED) is 0.842. The first-order valence-electron chi connectivity index (χ1n) is 5.86. The van der Waals surface area contributed by atoms with E-state index >= 15 is 0 Å². The Bertz CT molecular complexity index is 567.